The van der Waals surface area contributed by atoms with Gasteiger partial charge in [-0.05, 0) is 42.5 Å². The zero-order chi connectivity index (χ0) is 20.5. The first-order valence-corrected chi connectivity index (χ1v) is 11.3. The van der Waals surface area contributed by atoms with Crippen LogP contribution in [0.25, 0.3) is 32.8 Å². The number of amides is 1. The van der Waals surface area contributed by atoms with E-state index < -0.39 is 0 Å². The van der Waals surface area contributed by atoms with Gasteiger partial charge in [0.25, 0.3) is 0 Å². The number of oxazole rings is 1. The molecule has 0 aliphatic carbocycles. The summed E-state index contributed by atoms with van der Waals surface area (Å²) >= 11 is 9.05. The van der Waals surface area contributed by atoms with Crippen molar-refractivity contribution >= 4 is 67.6 Å². The van der Waals surface area contributed by atoms with Crippen molar-refractivity contribution in [2.75, 3.05) is 11.1 Å². The lowest BCUT2D eigenvalue weighted by atomic mass is 10.2. The summed E-state index contributed by atoms with van der Waals surface area (Å²) in [5.74, 6) is 0.574. The molecule has 5 nitrogen and oxygen atoms in total. The molecule has 0 aliphatic heterocycles. The molecule has 5 aromatic rings. The average Bonchev–Trinajstić information content (AvgIpc) is 3.36. The number of rotatable bonds is 5. The molecule has 0 spiro atoms. The number of thioether (sulfide) groups is 1. The van der Waals surface area contributed by atoms with Gasteiger partial charge in [0, 0.05) is 5.02 Å². The largest absolute Gasteiger partial charge is 0.436 e. The number of nitrogens with zero attached hydrogens (tertiary/aromatic N) is 2. The summed E-state index contributed by atoms with van der Waals surface area (Å²) in [6, 6.07) is 20.7. The zero-order valence-corrected chi connectivity index (χ0v) is 17.9. The number of nitrogens with one attached hydrogen (secondary N) is 1. The van der Waals surface area contributed by atoms with Crippen LogP contribution in [0, 0.1) is 0 Å². The minimum Gasteiger partial charge on any atom is -0.436 e. The Hall–Kier alpha value is -2.87. The van der Waals surface area contributed by atoms with Crippen molar-refractivity contribution in [2.45, 2.75) is 4.34 Å². The quantitative estimate of drug-likeness (QED) is 0.309. The Labute approximate surface area is 185 Å². The van der Waals surface area contributed by atoms with E-state index in [2.05, 4.69) is 15.3 Å². The maximum absolute atomic E-state index is 12.6. The van der Waals surface area contributed by atoms with Crippen LogP contribution in [0.15, 0.2) is 75.5 Å². The van der Waals surface area contributed by atoms with E-state index in [4.69, 9.17) is 16.0 Å². The maximum atomic E-state index is 12.6. The van der Waals surface area contributed by atoms with Crippen molar-refractivity contribution in [1.29, 1.82) is 0 Å². The van der Waals surface area contributed by atoms with Gasteiger partial charge in [0.15, 0.2) is 9.92 Å². The van der Waals surface area contributed by atoms with Gasteiger partial charge in [0.05, 0.1) is 27.2 Å². The van der Waals surface area contributed by atoms with Gasteiger partial charge in [-0.25, -0.2) is 9.97 Å². The Bertz CT molecular complexity index is 1350. The van der Waals surface area contributed by atoms with Crippen molar-refractivity contribution < 1.29 is 9.21 Å². The summed E-state index contributed by atoms with van der Waals surface area (Å²) in [6.45, 7) is 0. The first kappa shape index (κ1) is 19.1. The number of carbonyl (C=O) groups excluding carboxylic acids is 1. The Morgan fingerprint density at radius 3 is 2.77 bits per heavy atom. The Morgan fingerprint density at radius 2 is 1.87 bits per heavy atom. The number of aromatic nitrogens is 2. The lowest BCUT2D eigenvalue weighted by Crippen LogP contribution is -2.14. The number of fused-ring (bicyclic) bond motifs is 2. The van der Waals surface area contributed by atoms with Crippen LogP contribution in [-0.2, 0) is 4.79 Å². The molecule has 0 unspecified atom stereocenters. The monoisotopic (exact) mass is 451 g/mol. The fourth-order valence-electron chi connectivity index (χ4n) is 3.02. The number of carbonyl (C=O) groups is 1. The van der Waals surface area contributed by atoms with Gasteiger partial charge in [0.2, 0.25) is 11.8 Å². The first-order valence-electron chi connectivity index (χ1n) is 9.09. The predicted octanol–water partition coefficient (Wildman–Crippen LogP) is 6.49. The molecule has 2 heterocycles. The van der Waals surface area contributed by atoms with E-state index in [0.717, 1.165) is 14.6 Å². The normalized spacial score (nSPS) is 11.2. The summed E-state index contributed by atoms with van der Waals surface area (Å²) in [5.41, 5.74) is 3.62. The third-order valence-electron chi connectivity index (χ3n) is 4.38. The molecule has 0 saturated heterocycles. The van der Waals surface area contributed by atoms with Crippen molar-refractivity contribution in [3.63, 3.8) is 0 Å². The van der Waals surface area contributed by atoms with Gasteiger partial charge in [0.1, 0.15) is 5.52 Å². The van der Waals surface area contributed by atoms with Crippen LogP contribution in [0.5, 0.6) is 0 Å². The summed E-state index contributed by atoms with van der Waals surface area (Å²) < 4.78 is 7.84. The molecule has 3 aromatic carbocycles. The van der Waals surface area contributed by atoms with Gasteiger partial charge in [-0.2, -0.15) is 0 Å². The van der Waals surface area contributed by atoms with Crippen LogP contribution in [-0.4, -0.2) is 21.6 Å². The molecular weight excluding hydrogens is 438 g/mol. The summed E-state index contributed by atoms with van der Waals surface area (Å²) in [6.07, 6.45) is 0. The molecule has 1 N–H and O–H groups in total. The van der Waals surface area contributed by atoms with Gasteiger partial charge in [-0.3, -0.25) is 4.79 Å². The summed E-state index contributed by atoms with van der Waals surface area (Å²) in [7, 11) is 0. The van der Waals surface area contributed by atoms with E-state index in [1.165, 1.54) is 11.8 Å². The van der Waals surface area contributed by atoms with Gasteiger partial charge < -0.3 is 9.73 Å². The molecule has 8 heteroatoms. The number of hydrogen-bond acceptors (Lipinski definition) is 6. The maximum Gasteiger partial charge on any atom is 0.234 e. The second kappa shape index (κ2) is 8.10. The molecule has 0 aliphatic rings. The lowest BCUT2D eigenvalue weighted by Gasteiger charge is -2.08. The lowest BCUT2D eigenvalue weighted by molar-refractivity contribution is -0.113. The smallest absolute Gasteiger partial charge is 0.234 e. The zero-order valence-electron chi connectivity index (χ0n) is 15.5. The van der Waals surface area contributed by atoms with Gasteiger partial charge in [-0.1, -0.05) is 47.6 Å². The van der Waals surface area contributed by atoms with Crippen molar-refractivity contribution in [3.05, 3.63) is 71.8 Å². The third kappa shape index (κ3) is 3.92. The number of halogens is 1. The highest BCUT2D eigenvalue weighted by Crippen LogP contribution is 2.32. The Balaban J connectivity index is 1.33. The molecule has 1 amide bonds. The van der Waals surface area contributed by atoms with Gasteiger partial charge in [-0.15, -0.1) is 11.3 Å². The van der Waals surface area contributed by atoms with Crippen molar-refractivity contribution in [3.8, 4) is 11.5 Å². The van der Waals surface area contributed by atoms with Crippen LogP contribution >= 0.6 is 34.7 Å². The SMILES string of the molecule is O=C(CSc1nc2ccccc2s1)Nc1ccccc1-c1nc2cc(Cl)ccc2o1. The highest BCUT2D eigenvalue weighted by atomic mass is 35.5. The average molecular weight is 452 g/mol. The number of hydrogen-bond donors (Lipinski definition) is 1. The van der Waals surface area contributed by atoms with E-state index in [-0.39, 0.29) is 11.7 Å². The number of para-hydroxylation sites is 2. The molecule has 0 fully saturated rings. The molecule has 0 atom stereocenters. The van der Waals surface area contributed by atoms with E-state index in [9.17, 15) is 4.79 Å². The van der Waals surface area contributed by atoms with E-state index in [1.807, 2.05) is 48.5 Å². The first-order chi connectivity index (χ1) is 14.7. The van der Waals surface area contributed by atoms with Crippen LogP contribution in [0.1, 0.15) is 0 Å². The van der Waals surface area contributed by atoms with Gasteiger partial charge >= 0.3 is 0 Å². The molecule has 0 bridgehead atoms. The van der Waals surface area contributed by atoms with E-state index >= 15 is 0 Å². The minimum absolute atomic E-state index is 0.120. The molecular formula is C22H14ClN3O2S2. The molecule has 2 aromatic heterocycles. The molecule has 0 saturated carbocycles. The third-order valence-corrected chi connectivity index (χ3v) is 6.80. The van der Waals surface area contributed by atoms with Crippen LogP contribution in [0.3, 0.4) is 0 Å². The standard InChI is InChI=1S/C22H14ClN3O2S2/c23-13-9-10-18-17(11-13)25-21(28-18)14-5-1-2-6-15(14)24-20(27)12-29-22-26-16-7-3-4-8-19(16)30-22/h1-11H,12H2,(H,24,27). The summed E-state index contributed by atoms with van der Waals surface area (Å²) in [5, 5.41) is 3.55. The second-order valence-electron chi connectivity index (χ2n) is 6.46. The van der Waals surface area contributed by atoms with Crippen LogP contribution in [0.4, 0.5) is 5.69 Å². The van der Waals surface area contributed by atoms with E-state index in [0.29, 0.717) is 33.3 Å². The fourth-order valence-corrected chi connectivity index (χ4v) is 5.06. The topological polar surface area (TPSA) is 68.0 Å². The number of thiazole rings is 1. The van der Waals surface area contributed by atoms with Crippen LogP contribution in [0.2, 0.25) is 5.02 Å². The highest BCUT2D eigenvalue weighted by Gasteiger charge is 2.15. The Morgan fingerprint density at radius 1 is 1.03 bits per heavy atom. The van der Waals surface area contributed by atoms with Crippen molar-refractivity contribution in [2.24, 2.45) is 0 Å². The molecule has 0 radical (unpaired) electrons. The summed E-state index contributed by atoms with van der Waals surface area (Å²) in [4.78, 5) is 21.6. The predicted molar refractivity (Wildman–Crippen MR) is 123 cm³/mol. The molecule has 148 valence electrons. The number of benzene rings is 3. The van der Waals surface area contributed by atoms with Crippen molar-refractivity contribution in [1.82, 2.24) is 9.97 Å². The number of anilines is 1. The minimum atomic E-state index is -0.120. The molecule has 30 heavy (non-hydrogen) atoms. The fraction of sp³-hybridized carbons (Fsp3) is 0.0455. The molecule has 5 rings (SSSR count). The van der Waals surface area contributed by atoms with Crippen LogP contribution < -0.4 is 5.32 Å². The second-order valence-corrected chi connectivity index (χ2v) is 9.15. The highest BCUT2D eigenvalue weighted by molar-refractivity contribution is 8.01. The Kier molecular flexibility index (Phi) is 5.16. The van der Waals surface area contributed by atoms with E-state index in [1.54, 1.807) is 29.5 Å².